The van der Waals surface area contributed by atoms with Gasteiger partial charge in [-0.15, -0.1) is 0 Å². The van der Waals surface area contributed by atoms with Crippen LogP contribution in [0.2, 0.25) is 0 Å². The van der Waals surface area contributed by atoms with E-state index < -0.39 is 0 Å². The van der Waals surface area contributed by atoms with E-state index in [4.69, 9.17) is 5.73 Å². The molecular weight excluding hydrogens is 152 g/mol. The number of hydrogen-bond donors (Lipinski definition) is 1. The smallest absolute Gasteiger partial charge is 0.224 e. The Morgan fingerprint density at radius 3 is 2.67 bits per heavy atom. The average molecular weight is 170 g/mol. The van der Waals surface area contributed by atoms with Crippen LogP contribution in [0.25, 0.3) is 0 Å². The van der Waals surface area contributed by atoms with Crippen LogP contribution >= 0.6 is 0 Å². The van der Waals surface area contributed by atoms with E-state index in [1.54, 1.807) is 0 Å². The van der Waals surface area contributed by atoms with Gasteiger partial charge in [0.1, 0.15) is 0 Å². The summed E-state index contributed by atoms with van der Waals surface area (Å²) in [5, 5.41) is 0. The summed E-state index contributed by atoms with van der Waals surface area (Å²) in [4.78, 5) is 13.5. The number of likely N-dealkylation sites (tertiary alicyclic amines) is 1. The van der Waals surface area contributed by atoms with Crippen LogP contribution in [0.4, 0.5) is 0 Å². The Kier molecular flexibility index (Phi) is 2.73. The van der Waals surface area contributed by atoms with Crippen molar-refractivity contribution >= 4 is 5.91 Å². The van der Waals surface area contributed by atoms with Crippen LogP contribution in [-0.2, 0) is 4.79 Å². The molecule has 0 aromatic rings. The van der Waals surface area contributed by atoms with E-state index in [1.165, 1.54) is 0 Å². The molecule has 12 heavy (non-hydrogen) atoms. The highest BCUT2D eigenvalue weighted by atomic mass is 16.2. The molecule has 70 valence electrons. The summed E-state index contributed by atoms with van der Waals surface area (Å²) in [5.74, 6) is 0.208. The van der Waals surface area contributed by atoms with Crippen LogP contribution in [0.3, 0.4) is 0 Å². The maximum atomic E-state index is 11.5. The molecule has 0 unspecified atom stereocenters. The Morgan fingerprint density at radius 1 is 1.58 bits per heavy atom. The van der Waals surface area contributed by atoms with E-state index in [1.807, 2.05) is 4.90 Å². The van der Waals surface area contributed by atoms with E-state index in [2.05, 4.69) is 13.8 Å². The molecule has 0 saturated carbocycles. The number of nitrogens with two attached hydrogens (primary N) is 1. The highest BCUT2D eigenvalue weighted by molar-refractivity contribution is 5.77. The highest BCUT2D eigenvalue weighted by Gasteiger charge is 2.34. The predicted molar refractivity (Wildman–Crippen MR) is 48.7 cm³/mol. The van der Waals surface area contributed by atoms with E-state index in [0.29, 0.717) is 13.0 Å². The van der Waals surface area contributed by atoms with Crippen LogP contribution in [0, 0.1) is 0 Å². The highest BCUT2D eigenvalue weighted by Crippen LogP contribution is 2.28. The van der Waals surface area contributed by atoms with Crippen molar-refractivity contribution in [3.63, 3.8) is 0 Å². The maximum absolute atomic E-state index is 11.5. The van der Waals surface area contributed by atoms with Gasteiger partial charge in [0.25, 0.3) is 0 Å². The Bertz CT molecular complexity index is 177. The lowest BCUT2D eigenvalue weighted by Crippen LogP contribution is -2.43. The van der Waals surface area contributed by atoms with Crippen molar-refractivity contribution in [3.05, 3.63) is 0 Å². The van der Waals surface area contributed by atoms with Gasteiger partial charge in [-0.25, -0.2) is 0 Å². The second kappa shape index (κ2) is 3.44. The van der Waals surface area contributed by atoms with Crippen molar-refractivity contribution in [2.45, 2.75) is 38.6 Å². The van der Waals surface area contributed by atoms with Gasteiger partial charge in [-0.2, -0.15) is 0 Å². The molecule has 1 rings (SSSR count). The van der Waals surface area contributed by atoms with Gasteiger partial charge in [-0.1, -0.05) is 0 Å². The number of carbonyl (C=O) groups excluding carboxylic acids is 1. The molecule has 3 nitrogen and oxygen atoms in total. The first-order valence-corrected chi connectivity index (χ1v) is 4.58. The molecule has 0 aliphatic carbocycles. The molecule has 1 amide bonds. The number of nitrogens with zero attached hydrogens (tertiary/aromatic N) is 1. The molecule has 1 aliphatic heterocycles. The zero-order valence-corrected chi connectivity index (χ0v) is 7.97. The van der Waals surface area contributed by atoms with Crippen molar-refractivity contribution in [2.24, 2.45) is 5.73 Å². The SMILES string of the molecule is CC1(C)CCCN1C(=O)CCN. The molecule has 2 N–H and O–H groups in total. The van der Waals surface area contributed by atoms with E-state index in [-0.39, 0.29) is 11.4 Å². The number of hydrogen-bond acceptors (Lipinski definition) is 2. The summed E-state index contributed by atoms with van der Waals surface area (Å²) in [6.07, 6.45) is 2.73. The molecule has 0 radical (unpaired) electrons. The molecule has 0 aromatic heterocycles. The first kappa shape index (κ1) is 9.52. The minimum atomic E-state index is 0.0618. The van der Waals surface area contributed by atoms with Crippen molar-refractivity contribution in [1.29, 1.82) is 0 Å². The number of carbonyl (C=O) groups is 1. The molecule has 0 atom stereocenters. The zero-order valence-electron chi connectivity index (χ0n) is 7.97. The molecule has 0 spiro atoms. The van der Waals surface area contributed by atoms with Gasteiger partial charge in [-0.3, -0.25) is 4.79 Å². The van der Waals surface area contributed by atoms with E-state index >= 15 is 0 Å². The fourth-order valence-electron chi connectivity index (χ4n) is 1.83. The summed E-state index contributed by atoms with van der Waals surface area (Å²) in [5.41, 5.74) is 5.40. The lowest BCUT2D eigenvalue weighted by atomic mass is 10.0. The fourth-order valence-corrected chi connectivity index (χ4v) is 1.83. The van der Waals surface area contributed by atoms with Gasteiger partial charge in [0.2, 0.25) is 5.91 Å². The lowest BCUT2D eigenvalue weighted by Gasteiger charge is -2.31. The normalized spacial score (nSPS) is 21.4. The average Bonchev–Trinajstić information content (AvgIpc) is 2.30. The summed E-state index contributed by atoms with van der Waals surface area (Å²) in [6.45, 7) is 5.61. The van der Waals surface area contributed by atoms with Crippen LogP contribution in [0.15, 0.2) is 0 Å². The summed E-state index contributed by atoms with van der Waals surface area (Å²) >= 11 is 0. The number of amides is 1. The van der Waals surface area contributed by atoms with Gasteiger partial charge in [-0.05, 0) is 26.7 Å². The first-order chi connectivity index (χ1) is 5.58. The van der Waals surface area contributed by atoms with Crippen LogP contribution in [0.1, 0.15) is 33.1 Å². The summed E-state index contributed by atoms with van der Waals surface area (Å²) in [6, 6.07) is 0. The van der Waals surface area contributed by atoms with Gasteiger partial charge in [0.05, 0.1) is 0 Å². The van der Waals surface area contributed by atoms with Gasteiger partial charge >= 0.3 is 0 Å². The van der Waals surface area contributed by atoms with Gasteiger partial charge in [0.15, 0.2) is 0 Å². The molecule has 0 bridgehead atoms. The molecule has 1 saturated heterocycles. The number of rotatable bonds is 2. The molecule has 1 heterocycles. The standard InChI is InChI=1S/C9H18N2O/c1-9(2)5-3-7-11(9)8(12)4-6-10/h3-7,10H2,1-2H3. The Morgan fingerprint density at radius 2 is 2.25 bits per heavy atom. The molecular formula is C9H18N2O. The van der Waals surface area contributed by atoms with Gasteiger partial charge < -0.3 is 10.6 Å². The van der Waals surface area contributed by atoms with Crippen LogP contribution in [0.5, 0.6) is 0 Å². The zero-order chi connectivity index (χ0) is 9.19. The monoisotopic (exact) mass is 170 g/mol. The predicted octanol–water partition coefficient (Wildman–Crippen LogP) is 0.736. The quantitative estimate of drug-likeness (QED) is 0.664. The first-order valence-electron chi connectivity index (χ1n) is 4.58. The second-order valence-electron chi connectivity index (χ2n) is 4.00. The molecule has 0 aromatic carbocycles. The van der Waals surface area contributed by atoms with Crippen molar-refractivity contribution in [1.82, 2.24) is 4.90 Å². The topological polar surface area (TPSA) is 46.3 Å². The van der Waals surface area contributed by atoms with Crippen LogP contribution in [-0.4, -0.2) is 29.4 Å². The lowest BCUT2D eigenvalue weighted by molar-refractivity contribution is -0.134. The van der Waals surface area contributed by atoms with Crippen molar-refractivity contribution in [2.75, 3.05) is 13.1 Å². The van der Waals surface area contributed by atoms with Crippen molar-refractivity contribution in [3.8, 4) is 0 Å². The van der Waals surface area contributed by atoms with Gasteiger partial charge in [0, 0.05) is 25.0 Å². The summed E-state index contributed by atoms with van der Waals surface area (Å²) < 4.78 is 0. The fraction of sp³-hybridized carbons (Fsp3) is 0.889. The molecule has 3 heteroatoms. The second-order valence-corrected chi connectivity index (χ2v) is 4.00. The molecule has 1 aliphatic rings. The Hall–Kier alpha value is -0.570. The van der Waals surface area contributed by atoms with E-state index in [0.717, 1.165) is 19.4 Å². The third-order valence-corrected chi connectivity index (χ3v) is 2.56. The largest absolute Gasteiger partial charge is 0.338 e. The maximum Gasteiger partial charge on any atom is 0.224 e. The minimum absolute atomic E-state index is 0.0618. The van der Waals surface area contributed by atoms with E-state index in [9.17, 15) is 4.79 Å². The Balaban J connectivity index is 2.56. The Labute approximate surface area is 73.9 Å². The minimum Gasteiger partial charge on any atom is -0.338 e. The summed E-state index contributed by atoms with van der Waals surface area (Å²) in [7, 11) is 0. The molecule has 1 fully saturated rings. The van der Waals surface area contributed by atoms with Crippen molar-refractivity contribution < 1.29 is 4.79 Å². The van der Waals surface area contributed by atoms with Crippen LogP contribution < -0.4 is 5.73 Å². The third kappa shape index (κ3) is 1.78. The third-order valence-electron chi connectivity index (χ3n) is 2.56.